The smallest absolute Gasteiger partial charge is 0.313 e. The molecule has 1 aliphatic heterocycles. The zero-order chi connectivity index (χ0) is 20.0. The Bertz CT molecular complexity index is 1090. The lowest BCUT2D eigenvalue weighted by Gasteiger charge is -2.37. The van der Waals surface area contributed by atoms with E-state index in [9.17, 15) is 9.59 Å². The number of carbonyl (C=O) groups excluding carboxylic acids is 1. The molecule has 4 rings (SSSR count). The largest absolute Gasteiger partial charge is 0.372 e. The monoisotopic (exact) mass is 405 g/mol. The maximum Gasteiger partial charge on any atom is 0.313 e. The minimum absolute atomic E-state index is 0.0708. The fourth-order valence-corrected chi connectivity index (χ4v) is 4.44. The van der Waals surface area contributed by atoms with E-state index >= 15 is 4.39 Å². The van der Waals surface area contributed by atoms with Crippen LogP contribution in [0.4, 0.5) is 10.1 Å². The fourth-order valence-electron chi connectivity index (χ4n) is 3.68. The van der Waals surface area contributed by atoms with E-state index in [4.69, 9.17) is 9.26 Å². The topological polar surface area (TPSA) is 77.6 Å². The van der Waals surface area contributed by atoms with Crippen LogP contribution in [0.2, 0.25) is 0 Å². The summed E-state index contributed by atoms with van der Waals surface area (Å²) in [5.41, 5.74) is 0.299. The van der Waals surface area contributed by atoms with Crippen molar-refractivity contribution in [1.29, 1.82) is 0 Å². The lowest BCUT2D eigenvalue weighted by atomic mass is 10.1. The third-order valence-electron chi connectivity index (χ3n) is 4.82. The molecule has 3 heterocycles. The summed E-state index contributed by atoms with van der Waals surface area (Å²) in [6.45, 7) is 6.66. The van der Waals surface area contributed by atoms with Gasteiger partial charge in [-0.15, -0.1) is 0 Å². The fraction of sp³-hybridized carbons (Fsp3) is 0.421. The van der Waals surface area contributed by atoms with Crippen molar-refractivity contribution in [2.24, 2.45) is 0 Å². The van der Waals surface area contributed by atoms with Crippen molar-refractivity contribution >= 4 is 34.3 Å². The van der Waals surface area contributed by atoms with E-state index < -0.39 is 5.82 Å². The molecular weight excluding hydrogens is 385 g/mol. The second-order valence-corrected chi connectivity index (χ2v) is 8.06. The Morgan fingerprint density at radius 2 is 2.07 bits per heavy atom. The summed E-state index contributed by atoms with van der Waals surface area (Å²) in [6, 6.07) is 1.53. The van der Waals surface area contributed by atoms with Crippen LogP contribution >= 0.6 is 11.3 Å². The molecule has 2 atom stereocenters. The molecule has 3 aromatic rings. The van der Waals surface area contributed by atoms with E-state index in [1.165, 1.54) is 10.6 Å². The number of aldehydes is 1. The molecule has 0 radical (unpaired) electrons. The Morgan fingerprint density at radius 3 is 2.68 bits per heavy atom. The number of hydrogen-bond donors (Lipinski definition) is 0. The predicted octanol–water partition coefficient (Wildman–Crippen LogP) is 3.17. The third kappa shape index (κ3) is 3.04. The number of fused-ring (bicyclic) bond motifs is 1. The Hall–Kier alpha value is -2.52. The number of thiazole rings is 1. The molecule has 0 aliphatic carbocycles. The van der Waals surface area contributed by atoms with E-state index in [1.807, 2.05) is 20.8 Å². The quantitative estimate of drug-likeness (QED) is 0.621. The Labute approximate surface area is 164 Å². The molecule has 0 spiro atoms. The van der Waals surface area contributed by atoms with Crippen molar-refractivity contribution in [2.45, 2.75) is 39.4 Å². The number of aryl methyl sites for hydroxylation is 1. The van der Waals surface area contributed by atoms with Gasteiger partial charge in [-0.25, -0.2) is 4.39 Å². The summed E-state index contributed by atoms with van der Waals surface area (Å²) in [5, 5.41) is 4.21. The van der Waals surface area contributed by atoms with Crippen LogP contribution in [-0.4, -0.2) is 41.3 Å². The number of morpholine rings is 1. The average Bonchev–Trinajstić information content (AvgIpc) is 3.23. The summed E-state index contributed by atoms with van der Waals surface area (Å²) in [5.74, 6) is -0.466. The lowest BCUT2D eigenvalue weighted by molar-refractivity contribution is -0.00543. The molecule has 0 amide bonds. The minimum atomic E-state index is -0.654. The van der Waals surface area contributed by atoms with Crippen molar-refractivity contribution in [3.8, 4) is 5.82 Å². The number of nitrogens with zero attached hydrogens (tertiary/aromatic N) is 3. The zero-order valence-corrected chi connectivity index (χ0v) is 16.6. The number of halogens is 1. The summed E-state index contributed by atoms with van der Waals surface area (Å²) in [4.78, 5) is 26.5. The highest BCUT2D eigenvalue weighted by Gasteiger charge is 2.29. The van der Waals surface area contributed by atoms with Gasteiger partial charge in [-0.2, -0.15) is 0 Å². The summed E-state index contributed by atoms with van der Waals surface area (Å²) in [7, 11) is 0. The highest BCUT2D eigenvalue weighted by Crippen LogP contribution is 2.35. The van der Waals surface area contributed by atoms with E-state index in [0.29, 0.717) is 31.2 Å². The van der Waals surface area contributed by atoms with Crippen molar-refractivity contribution in [2.75, 3.05) is 18.0 Å². The maximum atomic E-state index is 15.4. The highest BCUT2D eigenvalue weighted by molar-refractivity contribution is 7.09. The van der Waals surface area contributed by atoms with Crippen LogP contribution in [-0.2, 0) is 11.2 Å². The molecule has 1 saturated heterocycles. The van der Waals surface area contributed by atoms with Gasteiger partial charge < -0.3 is 14.2 Å². The first-order chi connectivity index (χ1) is 13.4. The highest BCUT2D eigenvalue weighted by atomic mass is 32.1. The van der Waals surface area contributed by atoms with Gasteiger partial charge >= 0.3 is 4.87 Å². The summed E-state index contributed by atoms with van der Waals surface area (Å²) >= 11 is 1.10. The van der Waals surface area contributed by atoms with E-state index in [2.05, 4.69) is 5.16 Å². The van der Waals surface area contributed by atoms with Crippen LogP contribution in [0, 0.1) is 5.82 Å². The van der Waals surface area contributed by atoms with Gasteiger partial charge in [0.25, 0.3) is 0 Å². The number of aromatic nitrogens is 2. The van der Waals surface area contributed by atoms with Crippen molar-refractivity contribution in [3.63, 3.8) is 0 Å². The Kier molecular flexibility index (Phi) is 4.80. The molecule has 148 valence electrons. The molecule has 0 unspecified atom stereocenters. The first kappa shape index (κ1) is 18.8. The number of rotatable bonds is 4. The van der Waals surface area contributed by atoms with Gasteiger partial charge in [0.2, 0.25) is 5.58 Å². The van der Waals surface area contributed by atoms with Gasteiger partial charge in [-0.1, -0.05) is 23.4 Å². The number of anilines is 1. The van der Waals surface area contributed by atoms with E-state index in [-0.39, 0.29) is 39.7 Å². The number of ether oxygens (including phenoxy) is 1. The standard InChI is InChI=1S/C19H20FN3O4S/c1-4-13-8-23(19(25)28-13)18-14-5-12(9-24)16(15(20)17(14)27-21-18)22-6-10(2)26-11(3)7-22/h5,8-11H,4,6-7H2,1-3H3/t10-,11-/m1/s1. The molecular formula is C19H20FN3O4S. The number of benzene rings is 1. The maximum absolute atomic E-state index is 15.4. The third-order valence-corrected chi connectivity index (χ3v) is 5.84. The SMILES string of the molecule is CCc1cn(-c2noc3c(F)c(N4C[C@@H](C)O[C@H](C)C4)c(C=O)cc23)c(=O)s1. The van der Waals surface area contributed by atoms with Gasteiger partial charge in [0.05, 0.1) is 23.3 Å². The molecule has 0 N–H and O–H groups in total. The van der Waals surface area contributed by atoms with Gasteiger partial charge in [0, 0.05) is 29.7 Å². The second-order valence-electron chi connectivity index (χ2n) is 6.98. The molecule has 9 heteroatoms. The molecule has 7 nitrogen and oxygen atoms in total. The first-order valence-electron chi connectivity index (χ1n) is 9.12. The van der Waals surface area contributed by atoms with Crippen LogP contribution in [0.3, 0.4) is 0 Å². The van der Waals surface area contributed by atoms with Crippen LogP contribution < -0.4 is 9.77 Å². The summed E-state index contributed by atoms with van der Waals surface area (Å²) < 4.78 is 27.7. The first-order valence-corrected chi connectivity index (χ1v) is 9.93. The van der Waals surface area contributed by atoms with Gasteiger partial charge in [-0.3, -0.25) is 14.2 Å². The predicted molar refractivity (Wildman–Crippen MR) is 104 cm³/mol. The molecule has 0 saturated carbocycles. The Morgan fingerprint density at radius 1 is 1.36 bits per heavy atom. The molecule has 28 heavy (non-hydrogen) atoms. The second kappa shape index (κ2) is 7.14. The van der Waals surface area contributed by atoms with Crippen LogP contribution in [0.15, 0.2) is 21.6 Å². The van der Waals surface area contributed by atoms with Crippen LogP contribution in [0.5, 0.6) is 0 Å². The van der Waals surface area contributed by atoms with Crippen molar-refractivity contribution in [3.05, 3.63) is 38.2 Å². The van der Waals surface area contributed by atoms with Crippen LogP contribution in [0.1, 0.15) is 36.0 Å². The lowest BCUT2D eigenvalue weighted by Crippen LogP contribution is -2.46. The van der Waals surface area contributed by atoms with Crippen molar-refractivity contribution in [1.82, 2.24) is 9.72 Å². The van der Waals surface area contributed by atoms with Gasteiger partial charge in [0.1, 0.15) is 0 Å². The van der Waals surface area contributed by atoms with E-state index in [0.717, 1.165) is 16.2 Å². The zero-order valence-electron chi connectivity index (χ0n) is 15.8. The van der Waals surface area contributed by atoms with Gasteiger partial charge in [0.15, 0.2) is 17.9 Å². The summed E-state index contributed by atoms with van der Waals surface area (Å²) in [6.07, 6.45) is 2.80. The molecule has 1 aromatic carbocycles. The molecule has 0 bridgehead atoms. The molecule has 2 aromatic heterocycles. The van der Waals surface area contributed by atoms with Crippen molar-refractivity contribution < 1.29 is 18.4 Å². The minimum Gasteiger partial charge on any atom is -0.372 e. The molecule has 1 fully saturated rings. The molecule has 1 aliphatic rings. The van der Waals surface area contributed by atoms with Gasteiger partial charge in [-0.05, 0) is 26.3 Å². The van der Waals surface area contributed by atoms with E-state index in [1.54, 1.807) is 11.1 Å². The number of hydrogen-bond acceptors (Lipinski definition) is 7. The number of carbonyl (C=O) groups is 1. The Balaban J connectivity index is 1.89. The normalized spacial score (nSPS) is 20.1. The average molecular weight is 405 g/mol. The van der Waals surface area contributed by atoms with Crippen LogP contribution in [0.25, 0.3) is 16.8 Å².